The van der Waals surface area contributed by atoms with Gasteiger partial charge in [0.05, 0.1) is 4.90 Å². The van der Waals surface area contributed by atoms with Crippen molar-refractivity contribution in [3.05, 3.63) is 40.9 Å². The van der Waals surface area contributed by atoms with E-state index in [0.717, 1.165) is 0 Å². The van der Waals surface area contributed by atoms with E-state index in [1.807, 2.05) is 0 Å². The highest BCUT2D eigenvalue weighted by atomic mass is 79.9. The van der Waals surface area contributed by atoms with Gasteiger partial charge < -0.3 is 5.32 Å². The minimum absolute atomic E-state index is 0.101. The first kappa shape index (κ1) is 14.9. The van der Waals surface area contributed by atoms with Gasteiger partial charge in [0.15, 0.2) is 0 Å². The van der Waals surface area contributed by atoms with Gasteiger partial charge in [-0.3, -0.25) is 4.79 Å². The van der Waals surface area contributed by atoms with Crippen LogP contribution in [0.25, 0.3) is 0 Å². The van der Waals surface area contributed by atoms with Crippen LogP contribution in [0.5, 0.6) is 0 Å². The van der Waals surface area contributed by atoms with Crippen LogP contribution in [0.1, 0.15) is 10.4 Å². The molecule has 0 saturated carbocycles. The van der Waals surface area contributed by atoms with Gasteiger partial charge in [-0.2, -0.15) is 0 Å². The molecule has 0 aromatic heterocycles. The summed E-state index contributed by atoms with van der Waals surface area (Å²) in [6, 6.07) is 5.67. The Kier molecular flexibility index (Phi) is 5.06. The van der Waals surface area contributed by atoms with Crippen molar-refractivity contribution in [1.82, 2.24) is 10.0 Å². The lowest BCUT2D eigenvalue weighted by Crippen LogP contribution is -2.25. The summed E-state index contributed by atoms with van der Waals surface area (Å²) in [5, 5.41) is 2.46. The molecule has 0 aliphatic rings. The van der Waals surface area contributed by atoms with Crippen LogP contribution < -0.4 is 10.0 Å². The number of carbonyl (C=O) groups is 1. The quantitative estimate of drug-likeness (QED) is 0.851. The van der Waals surface area contributed by atoms with E-state index in [0.29, 0.717) is 10.0 Å². The number of halogens is 1. The third-order valence-electron chi connectivity index (χ3n) is 2.11. The first-order valence-electron chi connectivity index (χ1n) is 5.02. The molecule has 1 aromatic carbocycles. The Bertz CT molecular complexity index is 552. The molecule has 0 unspecified atom stereocenters. The first-order chi connectivity index (χ1) is 8.36. The lowest BCUT2D eigenvalue weighted by Gasteiger charge is -2.06. The molecule has 0 fully saturated rings. The molecule has 0 aliphatic heterocycles. The summed E-state index contributed by atoms with van der Waals surface area (Å²) < 4.78 is 26.5. The zero-order valence-electron chi connectivity index (χ0n) is 9.73. The summed E-state index contributed by atoms with van der Waals surface area (Å²) in [6.07, 6.45) is 0. The van der Waals surface area contributed by atoms with Crippen LogP contribution in [0, 0.1) is 0 Å². The Balaban J connectivity index is 2.91. The zero-order valence-corrected chi connectivity index (χ0v) is 12.1. The zero-order chi connectivity index (χ0) is 13.8. The van der Waals surface area contributed by atoms with Gasteiger partial charge in [0.1, 0.15) is 0 Å². The Labute approximate surface area is 114 Å². The summed E-state index contributed by atoms with van der Waals surface area (Å²) in [5.41, 5.74) is 0.404. The van der Waals surface area contributed by atoms with E-state index in [-0.39, 0.29) is 17.3 Å². The van der Waals surface area contributed by atoms with E-state index in [4.69, 9.17) is 0 Å². The molecule has 0 atom stereocenters. The van der Waals surface area contributed by atoms with Crippen molar-refractivity contribution in [1.29, 1.82) is 0 Å². The molecule has 0 radical (unpaired) electrons. The van der Waals surface area contributed by atoms with Gasteiger partial charge in [0.25, 0.3) is 5.91 Å². The van der Waals surface area contributed by atoms with E-state index in [1.165, 1.54) is 31.3 Å². The summed E-state index contributed by atoms with van der Waals surface area (Å²) in [6.45, 7) is 3.65. The molecule has 1 rings (SSSR count). The standard InChI is InChI=1S/C11H13BrN2O3S/c1-8(12)7-14-18(16,17)10-5-3-9(4-6-10)11(15)13-2/h3-6,14H,1,7H2,2H3,(H,13,15). The maximum atomic E-state index is 11.8. The van der Waals surface area contributed by atoms with E-state index in [9.17, 15) is 13.2 Å². The monoisotopic (exact) mass is 332 g/mol. The van der Waals surface area contributed by atoms with E-state index in [1.54, 1.807) is 0 Å². The predicted octanol–water partition coefficient (Wildman–Crippen LogP) is 1.23. The molecule has 2 N–H and O–H groups in total. The Morgan fingerprint density at radius 1 is 1.33 bits per heavy atom. The number of benzene rings is 1. The van der Waals surface area contributed by atoms with Gasteiger partial charge in [0.2, 0.25) is 10.0 Å². The SMILES string of the molecule is C=C(Br)CNS(=O)(=O)c1ccc(C(=O)NC)cc1. The minimum Gasteiger partial charge on any atom is -0.355 e. The highest BCUT2D eigenvalue weighted by molar-refractivity contribution is 9.11. The van der Waals surface area contributed by atoms with E-state index >= 15 is 0 Å². The van der Waals surface area contributed by atoms with Crippen molar-refractivity contribution < 1.29 is 13.2 Å². The lowest BCUT2D eigenvalue weighted by molar-refractivity contribution is 0.0963. The number of hydrogen-bond donors (Lipinski definition) is 2. The molecule has 1 aromatic rings. The van der Waals surface area contributed by atoms with Crippen molar-refractivity contribution in [3.63, 3.8) is 0 Å². The van der Waals surface area contributed by atoms with Gasteiger partial charge in [-0.1, -0.05) is 22.5 Å². The molecular formula is C11H13BrN2O3S. The normalized spacial score (nSPS) is 11.0. The average molecular weight is 333 g/mol. The predicted molar refractivity (Wildman–Crippen MR) is 73.1 cm³/mol. The molecule has 1 amide bonds. The van der Waals surface area contributed by atoms with Crippen LogP contribution in [0.3, 0.4) is 0 Å². The number of rotatable bonds is 5. The molecule has 0 heterocycles. The second-order valence-electron chi connectivity index (χ2n) is 3.45. The number of carbonyl (C=O) groups excluding carboxylic acids is 1. The maximum absolute atomic E-state index is 11.8. The van der Waals surface area contributed by atoms with Crippen LogP contribution in [-0.4, -0.2) is 27.9 Å². The smallest absolute Gasteiger partial charge is 0.251 e. The van der Waals surface area contributed by atoms with Crippen molar-refractivity contribution in [2.45, 2.75) is 4.90 Å². The number of sulfonamides is 1. The topological polar surface area (TPSA) is 75.3 Å². The van der Waals surface area contributed by atoms with Gasteiger partial charge in [-0.15, -0.1) is 0 Å². The second kappa shape index (κ2) is 6.12. The largest absolute Gasteiger partial charge is 0.355 e. The molecular weight excluding hydrogens is 320 g/mol. The van der Waals surface area contributed by atoms with Crippen molar-refractivity contribution in [3.8, 4) is 0 Å². The van der Waals surface area contributed by atoms with Crippen LogP contribution in [-0.2, 0) is 10.0 Å². The summed E-state index contributed by atoms with van der Waals surface area (Å²) >= 11 is 3.07. The Morgan fingerprint density at radius 3 is 2.33 bits per heavy atom. The summed E-state index contributed by atoms with van der Waals surface area (Å²) in [5.74, 6) is -0.263. The minimum atomic E-state index is -3.58. The van der Waals surface area contributed by atoms with Crippen molar-refractivity contribution >= 4 is 31.9 Å². The molecule has 0 spiro atoms. The molecule has 18 heavy (non-hydrogen) atoms. The summed E-state index contributed by atoms with van der Waals surface area (Å²) in [7, 11) is -2.07. The fraction of sp³-hybridized carbons (Fsp3) is 0.182. The Morgan fingerprint density at radius 2 is 1.89 bits per heavy atom. The highest BCUT2D eigenvalue weighted by Crippen LogP contribution is 2.11. The molecule has 0 bridgehead atoms. The van der Waals surface area contributed by atoms with E-state index in [2.05, 4.69) is 32.5 Å². The summed E-state index contributed by atoms with van der Waals surface area (Å²) in [4.78, 5) is 11.4. The van der Waals surface area contributed by atoms with Crippen molar-refractivity contribution in [2.24, 2.45) is 0 Å². The Hall–Kier alpha value is -1.18. The molecule has 5 nitrogen and oxygen atoms in total. The van der Waals surface area contributed by atoms with Gasteiger partial charge in [-0.05, 0) is 24.3 Å². The van der Waals surface area contributed by atoms with E-state index < -0.39 is 10.0 Å². The molecule has 0 aliphatic carbocycles. The lowest BCUT2D eigenvalue weighted by atomic mass is 10.2. The number of nitrogens with one attached hydrogen (secondary N) is 2. The van der Waals surface area contributed by atoms with Gasteiger partial charge in [-0.25, -0.2) is 13.1 Å². The molecule has 98 valence electrons. The fourth-order valence-electron chi connectivity index (χ4n) is 1.19. The van der Waals surface area contributed by atoms with Crippen LogP contribution in [0.4, 0.5) is 0 Å². The highest BCUT2D eigenvalue weighted by Gasteiger charge is 2.14. The van der Waals surface area contributed by atoms with Crippen molar-refractivity contribution in [2.75, 3.05) is 13.6 Å². The maximum Gasteiger partial charge on any atom is 0.251 e. The van der Waals surface area contributed by atoms with Crippen LogP contribution >= 0.6 is 15.9 Å². The fourth-order valence-corrected chi connectivity index (χ4v) is 2.54. The molecule has 7 heteroatoms. The number of hydrogen-bond acceptors (Lipinski definition) is 3. The first-order valence-corrected chi connectivity index (χ1v) is 7.29. The third kappa shape index (κ3) is 3.94. The third-order valence-corrected chi connectivity index (χ3v) is 3.81. The molecule has 0 saturated heterocycles. The van der Waals surface area contributed by atoms with Gasteiger partial charge >= 0.3 is 0 Å². The van der Waals surface area contributed by atoms with Crippen LogP contribution in [0.15, 0.2) is 40.2 Å². The second-order valence-corrected chi connectivity index (χ2v) is 6.33. The average Bonchev–Trinajstić information content (AvgIpc) is 2.36. The number of amides is 1. The van der Waals surface area contributed by atoms with Crippen LogP contribution in [0.2, 0.25) is 0 Å². The van der Waals surface area contributed by atoms with Gasteiger partial charge in [0, 0.05) is 23.6 Å².